The van der Waals surface area contributed by atoms with Crippen molar-refractivity contribution in [1.82, 2.24) is 4.98 Å². The second-order valence-corrected chi connectivity index (χ2v) is 12.4. The maximum absolute atomic E-state index is 6.58. The van der Waals surface area contributed by atoms with Crippen molar-refractivity contribution < 1.29 is 30.5 Å². The van der Waals surface area contributed by atoms with Gasteiger partial charge in [-0.15, -0.1) is 24.3 Å². The molecule has 5 nitrogen and oxygen atoms in total. The number of anilines is 3. The minimum Gasteiger partial charge on any atom is -0.518 e. The van der Waals surface area contributed by atoms with Gasteiger partial charge in [0, 0.05) is 34.4 Å². The third kappa shape index (κ3) is 5.82. The fourth-order valence-electron chi connectivity index (χ4n) is 6.11. The van der Waals surface area contributed by atoms with E-state index in [1.807, 2.05) is 42.6 Å². The van der Waals surface area contributed by atoms with Gasteiger partial charge in [0.25, 0.3) is 0 Å². The Morgan fingerprint density at radius 3 is 2.38 bits per heavy atom. The van der Waals surface area contributed by atoms with E-state index in [-0.39, 0.29) is 32.5 Å². The van der Waals surface area contributed by atoms with Gasteiger partial charge in [0.2, 0.25) is 0 Å². The average molecular weight is 773 g/mol. The topological polar surface area (TPSA) is 47.0 Å². The Morgan fingerprint density at radius 1 is 0.867 bits per heavy atom. The number of ether oxygens (including phenoxy) is 2. The summed E-state index contributed by atoms with van der Waals surface area (Å²) in [6, 6.07) is 38.3. The standard InChI is InChI=1S/C39H35N3O2.Pt/c1-25(2)35-24-43-38(41-35)29-20-28(27-12-7-6-8-13-27)21-32(22-29)44-31-19-26(3)18-30(23-31)42-36-16-10-9-14-33(36)39(4,5)34-15-11-17-40-37(34)42;/h6-21,25,35H,24H2,1-5H3;/q-2;+2/t35-;/m0./s1. The van der Waals surface area contributed by atoms with Gasteiger partial charge in [0.05, 0.1) is 12.6 Å². The van der Waals surface area contributed by atoms with E-state index in [0.29, 0.717) is 29.9 Å². The van der Waals surface area contributed by atoms with Crippen LogP contribution in [-0.4, -0.2) is 23.5 Å². The molecule has 0 N–H and O–H groups in total. The van der Waals surface area contributed by atoms with Crippen molar-refractivity contribution in [2.45, 2.75) is 46.1 Å². The maximum atomic E-state index is 6.58. The Balaban J connectivity index is 0.00000357. The van der Waals surface area contributed by atoms with E-state index < -0.39 is 0 Å². The molecule has 7 rings (SSSR count). The van der Waals surface area contributed by atoms with Crippen LogP contribution in [0, 0.1) is 25.0 Å². The predicted molar refractivity (Wildman–Crippen MR) is 177 cm³/mol. The van der Waals surface area contributed by atoms with Gasteiger partial charge in [-0.2, -0.15) is 5.56 Å². The Bertz CT molecular complexity index is 1830. The Kier molecular flexibility index (Phi) is 8.41. The van der Waals surface area contributed by atoms with E-state index in [4.69, 9.17) is 19.5 Å². The number of hydrogen-bond donors (Lipinski definition) is 0. The number of aryl methyl sites for hydroxylation is 1. The summed E-state index contributed by atoms with van der Waals surface area (Å²) >= 11 is 0. The van der Waals surface area contributed by atoms with Crippen molar-refractivity contribution in [3.8, 4) is 22.6 Å². The summed E-state index contributed by atoms with van der Waals surface area (Å²) in [5.74, 6) is 3.08. The molecule has 2 aliphatic heterocycles. The quantitative estimate of drug-likeness (QED) is 0.162. The molecule has 0 fully saturated rings. The number of aromatic nitrogens is 1. The molecule has 0 amide bonds. The molecule has 6 heteroatoms. The van der Waals surface area contributed by atoms with Crippen LogP contribution >= 0.6 is 0 Å². The zero-order valence-electron chi connectivity index (χ0n) is 26.1. The second-order valence-electron chi connectivity index (χ2n) is 12.4. The van der Waals surface area contributed by atoms with Crippen molar-refractivity contribution in [3.05, 3.63) is 132 Å². The van der Waals surface area contributed by atoms with Crippen LogP contribution in [0.25, 0.3) is 11.1 Å². The second kappa shape index (κ2) is 12.3. The summed E-state index contributed by atoms with van der Waals surface area (Å²) in [7, 11) is 0. The van der Waals surface area contributed by atoms with Crippen LogP contribution in [0.5, 0.6) is 11.5 Å². The summed E-state index contributed by atoms with van der Waals surface area (Å²) in [6.45, 7) is 11.5. The van der Waals surface area contributed by atoms with E-state index in [1.165, 1.54) is 11.1 Å². The van der Waals surface area contributed by atoms with Gasteiger partial charge < -0.3 is 14.4 Å². The first-order valence-corrected chi connectivity index (χ1v) is 15.2. The van der Waals surface area contributed by atoms with Gasteiger partial charge in [-0.05, 0) is 29.2 Å². The van der Waals surface area contributed by atoms with Crippen molar-refractivity contribution in [3.63, 3.8) is 0 Å². The molecule has 0 saturated carbocycles. The summed E-state index contributed by atoms with van der Waals surface area (Å²) in [6.07, 6.45) is 1.85. The van der Waals surface area contributed by atoms with E-state index in [9.17, 15) is 0 Å². The minimum atomic E-state index is -0.192. The van der Waals surface area contributed by atoms with Gasteiger partial charge >= 0.3 is 21.1 Å². The molecule has 0 saturated heterocycles. The molecule has 2 aliphatic rings. The molecule has 45 heavy (non-hydrogen) atoms. The van der Waals surface area contributed by atoms with Gasteiger partial charge in [-0.25, -0.2) is 4.98 Å². The smallest absolute Gasteiger partial charge is 0.518 e. The largest absolute Gasteiger partial charge is 2.00 e. The Hall–Kier alpha value is -4.21. The van der Waals surface area contributed by atoms with Crippen LogP contribution in [0.4, 0.5) is 17.2 Å². The van der Waals surface area contributed by atoms with E-state index in [1.54, 1.807) is 0 Å². The molecular formula is C39H35N3O2Pt. The number of rotatable bonds is 6. The molecule has 0 unspecified atom stereocenters. The summed E-state index contributed by atoms with van der Waals surface area (Å²) < 4.78 is 12.6. The van der Waals surface area contributed by atoms with Crippen LogP contribution < -0.4 is 9.64 Å². The first-order chi connectivity index (χ1) is 21.3. The molecule has 0 bridgehead atoms. The van der Waals surface area contributed by atoms with Crippen LogP contribution in [0.1, 0.15) is 49.9 Å². The van der Waals surface area contributed by atoms with Crippen LogP contribution in [0.2, 0.25) is 0 Å². The number of nitrogens with zero attached hydrogens (tertiary/aromatic N) is 3. The van der Waals surface area contributed by atoms with E-state index in [0.717, 1.165) is 39.4 Å². The van der Waals surface area contributed by atoms with Gasteiger partial charge in [-0.3, -0.25) is 4.99 Å². The average Bonchev–Trinajstić information content (AvgIpc) is 3.53. The predicted octanol–water partition coefficient (Wildman–Crippen LogP) is 9.36. The molecule has 1 aromatic heterocycles. The van der Waals surface area contributed by atoms with Gasteiger partial charge in [0.1, 0.15) is 11.7 Å². The van der Waals surface area contributed by atoms with Crippen molar-refractivity contribution in [2.24, 2.45) is 10.9 Å². The number of benzene rings is 4. The fraction of sp³-hybridized carbons (Fsp3) is 0.231. The monoisotopic (exact) mass is 772 g/mol. The fourth-order valence-corrected chi connectivity index (χ4v) is 6.11. The van der Waals surface area contributed by atoms with E-state index >= 15 is 0 Å². The molecular weight excluding hydrogens is 738 g/mol. The number of aliphatic imine (C=N–C) groups is 1. The molecule has 0 spiro atoms. The van der Waals surface area contributed by atoms with E-state index in [2.05, 4.69) is 106 Å². The third-order valence-corrected chi connectivity index (χ3v) is 8.55. The first-order valence-electron chi connectivity index (χ1n) is 15.2. The van der Waals surface area contributed by atoms with Crippen LogP contribution in [0.15, 0.2) is 102 Å². The molecule has 0 radical (unpaired) electrons. The maximum Gasteiger partial charge on any atom is 2.00 e. The zero-order chi connectivity index (χ0) is 30.4. The summed E-state index contributed by atoms with van der Waals surface area (Å²) in [5, 5.41) is 0. The molecule has 5 aromatic rings. The normalized spacial score (nSPS) is 16.3. The Morgan fingerprint density at radius 2 is 1.60 bits per heavy atom. The number of pyridine rings is 1. The van der Waals surface area contributed by atoms with Gasteiger partial charge in [0.15, 0.2) is 0 Å². The molecule has 4 aromatic carbocycles. The zero-order valence-corrected chi connectivity index (χ0v) is 28.3. The molecule has 3 heterocycles. The number of hydrogen-bond acceptors (Lipinski definition) is 5. The summed E-state index contributed by atoms with van der Waals surface area (Å²) in [4.78, 5) is 11.9. The number of fused-ring (bicyclic) bond motifs is 2. The van der Waals surface area contributed by atoms with Crippen LogP contribution in [0.3, 0.4) is 0 Å². The Labute approximate surface area is 280 Å². The minimum absolute atomic E-state index is 0. The van der Waals surface area contributed by atoms with Gasteiger partial charge in [-0.1, -0.05) is 118 Å². The van der Waals surface area contributed by atoms with Crippen molar-refractivity contribution in [1.29, 1.82) is 0 Å². The molecule has 0 aliphatic carbocycles. The third-order valence-electron chi connectivity index (χ3n) is 8.55. The van der Waals surface area contributed by atoms with Crippen LogP contribution in [-0.2, 0) is 31.2 Å². The first kappa shape index (κ1) is 30.8. The number of para-hydroxylation sites is 1. The molecule has 228 valence electrons. The molecule has 1 atom stereocenters. The van der Waals surface area contributed by atoms with Crippen molar-refractivity contribution in [2.75, 3.05) is 11.5 Å². The van der Waals surface area contributed by atoms with Crippen molar-refractivity contribution >= 4 is 23.1 Å². The summed E-state index contributed by atoms with van der Waals surface area (Å²) in [5.41, 5.74) is 8.09. The SMILES string of the molecule is Cc1cc(Oc2[c-]c(C3=N[C@H](C(C)C)CO3)cc(-c3ccccc3)c2)[c-]c(N2c3ccccc3C(C)(C)c3cccnc32)c1.[Pt+2].